The number of rotatable bonds is 7. The summed E-state index contributed by atoms with van der Waals surface area (Å²) >= 11 is 0. The summed E-state index contributed by atoms with van der Waals surface area (Å²) in [6.07, 6.45) is 0. The minimum Gasteiger partial charge on any atom is -0.436 e. The van der Waals surface area contributed by atoms with Gasteiger partial charge >= 0.3 is 0 Å². The Labute approximate surface area is 394 Å². The van der Waals surface area contributed by atoms with Gasteiger partial charge in [0.1, 0.15) is 11.0 Å². The van der Waals surface area contributed by atoms with Crippen LogP contribution in [0.1, 0.15) is 0 Å². The van der Waals surface area contributed by atoms with Crippen molar-refractivity contribution in [3.8, 4) is 73.9 Å². The Hall–Kier alpha value is -9.53. The molecule has 322 valence electrons. The highest BCUT2D eigenvalue weighted by Crippen LogP contribution is 2.38. The Morgan fingerprint density at radius 2 is 0.768 bits per heavy atom. The monoisotopic (exact) mass is 884 g/mol. The van der Waals surface area contributed by atoms with Crippen LogP contribution in [-0.2, 0) is 0 Å². The molecule has 4 heterocycles. The predicted octanol–water partition coefficient (Wildman–Crippen LogP) is 15.6. The van der Waals surface area contributed by atoms with E-state index in [1.165, 1.54) is 5.56 Å². The summed E-state index contributed by atoms with van der Waals surface area (Å²) in [5.41, 5.74) is 13.2. The average Bonchev–Trinajstić information content (AvgIpc) is 4.15. The van der Waals surface area contributed by atoms with Crippen molar-refractivity contribution in [1.82, 2.24) is 29.5 Å². The lowest BCUT2D eigenvalue weighted by atomic mass is 10.0. The van der Waals surface area contributed by atoms with Crippen LogP contribution in [0.15, 0.2) is 227 Å². The van der Waals surface area contributed by atoms with Crippen LogP contribution >= 0.6 is 0 Å². The van der Waals surface area contributed by atoms with Crippen LogP contribution in [0.4, 0.5) is 0 Å². The topological polar surface area (TPSA) is 95.7 Å². The molecule has 10 aromatic carbocycles. The van der Waals surface area contributed by atoms with Gasteiger partial charge in [0.25, 0.3) is 0 Å². The minimum absolute atomic E-state index is 0.560. The van der Waals surface area contributed by atoms with Crippen LogP contribution in [0.25, 0.3) is 139 Å². The van der Waals surface area contributed by atoms with Gasteiger partial charge in [0.15, 0.2) is 28.6 Å². The predicted molar refractivity (Wildman–Crippen MR) is 277 cm³/mol. The molecule has 8 nitrogen and oxygen atoms in total. The normalized spacial score (nSPS) is 11.8. The van der Waals surface area contributed by atoms with E-state index in [2.05, 4.69) is 174 Å². The van der Waals surface area contributed by atoms with Gasteiger partial charge in [-0.1, -0.05) is 121 Å². The first kappa shape index (κ1) is 38.7. The SMILES string of the molecule is c1ccc(-c2cccc(-n3c4ccccc4c4cc(-c5nc(-c6ccc7ccc(-c8nc9ccccc9o8)cc7c6)nc(-c6ccc7ccc(-c8nc9ccccc9o8)cc7c6)n5)ccc43)c2)cc1. The largest absolute Gasteiger partial charge is 0.436 e. The molecule has 0 aliphatic heterocycles. The Kier molecular flexibility index (Phi) is 8.72. The standard InChI is InChI=1S/C61H36N6O2/c1-2-11-37(12-3-1)40-13-10-14-48(35-40)67-53-18-7-4-15-49(53)50-36-43(29-30-54(50)67)59-65-57(41-25-21-38-23-27-44(33-46(38)31-41)60-62-51-16-5-8-19-55(51)68-60)64-58(66-59)42-26-22-39-24-28-45(34-47(39)32-42)61-63-52-17-6-9-20-56(52)69-61/h1-36H. The van der Waals surface area contributed by atoms with E-state index in [9.17, 15) is 0 Å². The maximum Gasteiger partial charge on any atom is 0.227 e. The van der Waals surface area contributed by atoms with E-state index in [0.717, 1.165) is 105 Å². The first-order valence-electron chi connectivity index (χ1n) is 22.9. The number of hydrogen-bond donors (Lipinski definition) is 0. The molecule has 0 saturated heterocycles. The third-order valence-corrected chi connectivity index (χ3v) is 13.1. The van der Waals surface area contributed by atoms with Crippen molar-refractivity contribution in [2.75, 3.05) is 0 Å². The van der Waals surface area contributed by atoms with E-state index < -0.39 is 0 Å². The second-order valence-electron chi connectivity index (χ2n) is 17.3. The molecule has 14 rings (SSSR count). The maximum absolute atomic E-state index is 6.18. The maximum atomic E-state index is 6.18. The number of nitrogens with zero attached hydrogens (tertiary/aromatic N) is 6. The molecule has 0 amide bonds. The molecule has 0 radical (unpaired) electrons. The number of para-hydroxylation sites is 5. The molecule has 0 atom stereocenters. The third kappa shape index (κ3) is 6.73. The van der Waals surface area contributed by atoms with E-state index in [1.54, 1.807) is 0 Å². The van der Waals surface area contributed by atoms with Crippen molar-refractivity contribution in [3.05, 3.63) is 218 Å². The highest BCUT2D eigenvalue weighted by atomic mass is 16.4. The van der Waals surface area contributed by atoms with E-state index >= 15 is 0 Å². The zero-order valence-corrected chi connectivity index (χ0v) is 36.8. The second-order valence-corrected chi connectivity index (χ2v) is 17.3. The Bertz CT molecular complexity index is 4100. The molecule has 0 N–H and O–H groups in total. The van der Waals surface area contributed by atoms with Gasteiger partial charge in [-0.05, 0) is 130 Å². The summed E-state index contributed by atoms with van der Waals surface area (Å²) in [7, 11) is 0. The molecule has 0 aliphatic carbocycles. The van der Waals surface area contributed by atoms with Gasteiger partial charge in [0.2, 0.25) is 11.8 Å². The van der Waals surface area contributed by atoms with Crippen LogP contribution in [0, 0.1) is 0 Å². The Balaban J connectivity index is 0.925. The van der Waals surface area contributed by atoms with Crippen molar-refractivity contribution >= 4 is 65.6 Å². The summed E-state index contributed by atoms with van der Waals surface area (Å²) in [5, 5.41) is 6.42. The van der Waals surface area contributed by atoms with Crippen molar-refractivity contribution in [3.63, 3.8) is 0 Å². The van der Waals surface area contributed by atoms with E-state index in [4.69, 9.17) is 33.8 Å². The van der Waals surface area contributed by atoms with Gasteiger partial charge in [0.05, 0.1) is 11.0 Å². The fourth-order valence-electron chi connectivity index (χ4n) is 9.64. The number of oxazole rings is 2. The third-order valence-electron chi connectivity index (χ3n) is 13.1. The van der Waals surface area contributed by atoms with Crippen LogP contribution in [0.3, 0.4) is 0 Å². The highest BCUT2D eigenvalue weighted by molar-refractivity contribution is 6.10. The van der Waals surface area contributed by atoms with Crippen molar-refractivity contribution in [2.45, 2.75) is 0 Å². The van der Waals surface area contributed by atoms with Gasteiger partial charge in [0, 0.05) is 44.3 Å². The zero-order valence-electron chi connectivity index (χ0n) is 36.8. The van der Waals surface area contributed by atoms with Gasteiger partial charge < -0.3 is 13.4 Å². The molecule has 0 aliphatic rings. The van der Waals surface area contributed by atoms with Gasteiger partial charge in [-0.2, -0.15) is 0 Å². The molecule has 69 heavy (non-hydrogen) atoms. The van der Waals surface area contributed by atoms with Crippen molar-refractivity contribution in [1.29, 1.82) is 0 Å². The van der Waals surface area contributed by atoms with Crippen molar-refractivity contribution in [2.24, 2.45) is 0 Å². The van der Waals surface area contributed by atoms with E-state index in [1.807, 2.05) is 48.5 Å². The average molecular weight is 885 g/mol. The minimum atomic E-state index is 0.560. The summed E-state index contributed by atoms with van der Waals surface area (Å²) in [6, 6.07) is 75.2. The fourth-order valence-corrected chi connectivity index (χ4v) is 9.64. The molecule has 0 spiro atoms. The smallest absolute Gasteiger partial charge is 0.227 e. The highest BCUT2D eigenvalue weighted by Gasteiger charge is 2.19. The Morgan fingerprint density at radius 3 is 1.38 bits per heavy atom. The summed E-state index contributed by atoms with van der Waals surface area (Å²) < 4.78 is 14.7. The van der Waals surface area contributed by atoms with Gasteiger partial charge in [-0.3, -0.25) is 0 Å². The number of fused-ring (bicyclic) bond motifs is 7. The van der Waals surface area contributed by atoms with Crippen LogP contribution in [-0.4, -0.2) is 29.5 Å². The summed E-state index contributed by atoms with van der Waals surface area (Å²) in [4.78, 5) is 25.3. The van der Waals surface area contributed by atoms with Gasteiger partial charge in [-0.25, -0.2) is 24.9 Å². The molecule has 4 aromatic heterocycles. The van der Waals surface area contributed by atoms with Crippen LogP contribution in [0.2, 0.25) is 0 Å². The van der Waals surface area contributed by atoms with Gasteiger partial charge in [-0.15, -0.1) is 0 Å². The molecule has 14 aromatic rings. The van der Waals surface area contributed by atoms with Crippen molar-refractivity contribution < 1.29 is 8.83 Å². The zero-order chi connectivity index (χ0) is 45.4. The lowest BCUT2D eigenvalue weighted by Gasteiger charge is -2.11. The fraction of sp³-hybridized carbons (Fsp3) is 0. The molecule has 0 saturated carbocycles. The quantitative estimate of drug-likeness (QED) is 0.157. The van der Waals surface area contributed by atoms with E-state index in [-0.39, 0.29) is 0 Å². The number of benzene rings is 10. The first-order valence-corrected chi connectivity index (χ1v) is 22.9. The van der Waals surface area contributed by atoms with E-state index in [0.29, 0.717) is 29.3 Å². The molecular formula is C61H36N6O2. The lowest BCUT2D eigenvalue weighted by Crippen LogP contribution is -2.00. The van der Waals surface area contributed by atoms with Crippen LogP contribution < -0.4 is 0 Å². The molecule has 8 heteroatoms. The molecule has 0 unspecified atom stereocenters. The second kappa shape index (κ2) is 15.5. The van der Waals surface area contributed by atoms with Crippen LogP contribution in [0.5, 0.6) is 0 Å². The summed E-state index contributed by atoms with van der Waals surface area (Å²) in [6.45, 7) is 0. The molecule has 0 bridgehead atoms. The number of aromatic nitrogens is 6. The Morgan fingerprint density at radius 1 is 0.290 bits per heavy atom. The summed E-state index contributed by atoms with van der Waals surface area (Å²) in [5.74, 6) is 2.84. The number of hydrogen-bond acceptors (Lipinski definition) is 7. The molecular weight excluding hydrogens is 849 g/mol. The lowest BCUT2D eigenvalue weighted by molar-refractivity contribution is 0.619. The molecule has 0 fully saturated rings. The first-order chi connectivity index (χ1) is 34.1.